The average molecular weight is 492 g/mol. The summed E-state index contributed by atoms with van der Waals surface area (Å²) < 4.78 is 0. The zero-order chi connectivity index (χ0) is 25.8. The third-order valence-electron chi connectivity index (χ3n) is 8.25. The molecule has 0 radical (unpaired) electrons. The molecule has 3 nitrogen and oxygen atoms in total. The first kappa shape index (κ1) is 25.5. The number of benzene rings is 3. The van der Waals surface area contributed by atoms with E-state index < -0.39 is 0 Å². The van der Waals surface area contributed by atoms with Crippen molar-refractivity contribution in [2.24, 2.45) is 23.7 Å². The molecule has 0 aliphatic heterocycles. The number of H-pyrrole nitrogens is 1. The molecule has 3 heteroatoms. The Morgan fingerprint density at radius 1 is 0.865 bits per heavy atom. The van der Waals surface area contributed by atoms with E-state index in [0.29, 0.717) is 23.7 Å². The van der Waals surface area contributed by atoms with Gasteiger partial charge in [0.15, 0.2) is 0 Å². The number of aromatic amines is 1. The highest BCUT2D eigenvalue weighted by Crippen LogP contribution is 2.39. The van der Waals surface area contributed by atoms with Gasteiger partial charge in [-0.1, -0.05) is 98.3 Å². The molecule has 0 bridgehead atoms. The Morgan fingerprint density at radius 2 is 1.51 bits per heavy atom. The fourth-order valence-corrected chi connectivity index (χ4v) is 6.21. The molecule has 5 rings (SSSR count). The number of rotatable bonds is 9. The molecule has 0 saturated heterocycles. The first-order valence-electron chi connectivity index (χ1n) is 13.9. The molecule has 1 N–H and O–H groups in total. The van der Waals surface area contributed by atoms with Crippen LogP contribution in [0.1, 0.15) is 49.7 Å². The smallest absolute Gasteiger partial charge is 0.107 e. The van der Waals surface area contributed by atoms with Crippen molar-refractivity contribution in [3.8, 4) is 0 Å². The molecule has 4 aromatic rings. The lowest BCUT2D eigenvalue weighted by Gasteiger charge is -2.39. The number of hydrogen-bond acceptors (Lipinski definition) is 2. The van der Waals surface area contributed by atoms with Gasteiger partial charge >= 0.3 is 0 Å². The Balaban J connectivity index is 1.36. The minimum absolute atomic E-state index is 0.543. The molecule has 3 atom stereocenters. The van der Waals surface area contributed by atoms with Crippen molar-refractivity contribution in [3.63, 3.8) is 0 Å². The topological polar surface area (TPSA) is 31.9 Å². The van der Waals surface area contributed by atoms with Gasteiger partial charge < -0.3 is 4.98 Å². The summed E-state index contributed by atoms with van der Waals surface area (Å²) in [4.78, 5) is 11.2. The van der Waals surface area contributed by atoms with Crippen LogP contribution in [0.4, 0.5) is 0 Å². The minimum Gasteiger partial charge on any atom is -0.342 e. The monoisotopic (exact) mass is 491 g/mol. The van der Waals surface area contributed by atoms with Crippen LogP contribution in [0.2, 0.25) is 0 Å². The van der Waals surface area contributed by atoms with E-state index in [2.05, 4.69) is 123 Å². The summed E-state index contributed by atoms with van der Waals surface area (Å²) >= 11 is 0. The lowest BCUT2D eigenvalue weighted by Crippen LogP contribution is -2.37. The van der Waals surface area contributed by atoms with E-state index in [1.54, 1.807) is 0 Å². The van der Waals surface area contributed by atoms with Crippen LogP contribution in [0, 0.1) is 30.6 Å². The molecule has 3 unspecified atom stereocenters. The highest BCUT2D eigenvalue weighted by Gasteiger charge is 2.33. The summed E-state index contributed by atoms with van der Waals surface area (Å²) in [6.07, 6.45) is 4.82. The molecular formula is C34H41N3. The molecule has 37 heavy (non-hydrogen) atoms. The van der Waals surface area contributed by atoms with Crippen LogP contribution < -0.4 is 0 Å². The average Bonchev–Trinajstić information content (AvgIpc) is 3.31. The maximum Gasteiger partial charge on any atom is 0.107 e. The quantitative estimate of drug-likeness (QED) is 0.241. The van der Waals surface area contributed by atoms with Crippen molar-refractivity contribution in [3.05, 3.63) is 113 Å². The van der Waals surface area contributed by atoms with Crippen molar-refractivity contribution in [2.75, 3.05) is 6.54 Å². The number of para-hydroxylation sites is 1. The van der Waals surface area contributed by atoms with Crippen molar-refractivity contribution < 1.29 is 0 Å². The Hall–Kier alpha value is -3.17. The highest BCUT2D eigenvalue weighted by atomic mass is 15.1. The lowest BCUT2D eigenvalue weighted by molar-refractivity contribution is 0.151. The zero-order valence-electron chi connectivity index (χ0n) is 22.8. The number of aryl methyl sites for hydroxylation is 1. The van der Waals surface area contributed by atoms with Gasteiger partial charge in [-0.05, 0) is 66.7 Å². The van der Waals surface area contributed by atoms with Gasteiger partial charge in [-0.15, -0.1) is 0 Å². The van der Waals surface area contributed by atoms with Gasteiger partial charge in [-0.25, -0.2) is 4.98 Å². The molecule has 0 fully saturated rings. The number of nitrogens with one attached hydrogen (secondary N) is 1. The predicted octanol–water partition coefficient (Wildman–Crippen LogP) is 7.97. The predicted molar refractivity (Wildman–Crippen MR) is 155 cm³/mol. The number of aromatic nitrogens is 2. The largest absolute Gasteiger partial charge is 0.342 e. The Labute approximate surface area is 222 Å². The molecule has 0 spiro atoms. The molecule has 0 saturated carbocycles. The number of fused-ring (bicyclic) bond motifs is 1. The molecule has 192 valence electrons. The minimum atomic E-state index is 0.543. The molecule has 1 aliphatic carbocycles. The second-order valence-electron chi connectivity index (χ2n) is 11.4. The van der Waals surface area contributed by atoms with Gasteiger partial charge in [0.25, 0.3) is 0 Å². The number of allylic oxidation sites excluding steroid dienone is 1. The van der Waals surface area contributed by atoms with Crippen LogP contribution in [0.25, 0.3) is 11.0 Å². The fraction of sp³-hybridized carbons (Fsp3) is 0.382. The Morgan fingerprint density at radius 3 is 2.11 bits per heavy atom. The van der Waals surface area contributed by atoms with Crippen molar-refractivity contribution >= 4 is 11.0 Å². The molecule has 0 amide bonds. The first-order valence-corrected chi connectivity index (χ1v) is 13.9. The van der Waals surface area contributed by atoms with Gasteiger partial charge in [0.1, 0.15) is 5.82 Å². The third kappa shape index (κ3) is 6.22. The first-order chi connectivity index (χ1) is 18.0. The van der Waals surface area contributed by atoms with Crippen LogP contribution in [0.15, 0.2) is 90.5 Å². The fourth-order valence-electron chi connectivity index (χ4n) is 6.21. The third-order valence-corrected chi connectivity index (χ3v) is 8.25. The standard InChI is InChI=1S/C34H41N3/c1-24(2)31-19-29(20-33-35-32-17-11-12-25(3)34(32)36-33)26(4)18-30(31)23-37(21-27-13-7-5-8-14-27)22-28-15-9-6-10-16-28/h5-18,24,29-31H,19-23H2,1-4H3,(H,35,36). The molecule has 1 aliphatic rings. The summed E-state index contributed by atoms with van der Waals surface area (Å²) in [6.45, 7) is 12.4. The van der Waals surface area contributed by atoms with E-state index >= 15 is 0 Å². The summed E-state index contributed by atoms with van der Waals surface area (Å²) in [5.41, 5.74) is 7.81. The van der Waals surface area contributed by atoms with E-state index in [0.717, 1.165) is 42.9 Å². The van der Waals surface area contributed by atoms with Gasteiger partial charge in [-0.2, -0.15) is 0 Å². The van der Waals surface area contributed by atoms with Crippen molar-refractivity contribution in [1.29, 1.82) is 0 Å². The van der Waals surface area contributed by atoms with Crippen LogP contribution in [0.3, 0.4) is 0 Å². The van der Waals surface area contributed by atoms with Gasteiger partial charge in [0.2, 0.25) is 0 Å². The maximum atomic E-state index is 4.98. The van der Waals surface area contributed by atoms with E-state index in [9.17, 15) is 0 Å². The highest BCUT2D eigenvalue weighted by molar-refractivity contribution is 5.78. The molecule has 1 aromatic heterocycles. The maximum absolute atomic E-state index is 4.98. The van der Waals surface area contributed by atoms with Crippen LogP contribution in [-0.4, -0.2) is 21.4 Å². The second-order valence-corrected chi connectivity index (χ2v) is 11.4. The summed E-state index contributed by atoms with van der Waals surface area (Å²) in [5, 5.41) is 0. The molecule has 3 aromatic carbocycles. The van der Waals surface area contributed by atoms with Gasteiger partial charge in [0.05, 0.1) is 11.0 Å². The molecular weight excluding hydrogens is 450 g/mol. The SMILES string of the molecule is CC1=CC(CN(Cc2ccccc2)Cc2ccccc2)C(C(C)C)CC1Cc1nc2c(C)cccc2[nH]1. The van der Waals surface area contributed by atoms with E-state index in [4.69, 9.17) is 4.98 Å². The lowest BCUT2D eigenvalue weighted by atomic mass is 9.69. The normalized spacial score (nSPS) is 20.1. The van der Waals surface area contributed by atoms with Gasteiger partial charge in [0, 0.05) is 26.1 Å². The van der Waals surface area contributed by atoms with E-state index in [1.165, 1.54) is 28.7 Å². The summed E-state index contributed by atoms with van der Waals surface area (Å²) in [7, 11) is 0. The van der Waals surface area contributed by atoms with E-state index in [1.807, 2.05) is 0 Å². The summed E-state index contributed by atoms with van der Waals surface area (Å²) in [6, 6.07) is 28.3. The second kappa shape index (κ2) is 11.5. The number of nitrogens with zero attached hydrogens (tertiary/aromatic N) is 2. The summed E-state index contributed by atoms with van der Waals surface area (Å²) in [5.74, 6) is 3.53. The number of hydrogen-bond donors (Lipinski definition) is 1. The Kier molecular flexibility index (Phi) is 7.90. The van der Waals surface area contributed by atoms with E-state index in [-0.39, 0.29) is 0 Å². The van der Waals surface area contributed by atoms with Crippen LogP contribution in [-0.2, 0) is 19.5 Å². The Bertz CT molecular complexity index is 1280. The van der Waals surface area contributed by atoms with Crippen LogP contribution >= 0.6 is 0 Å². The van der Waals surface area contributed by atoms with Crippen LogP contribution in [0.5, 0.6) is 0 Å². The van der Waals surface area contributed by atoms with Crippen molar-refractivity contribution in [1.82, 2.24) is 14.9 Å². The molecule has 1 heterocycles. The van der Waals surface area contributed by atoms with Gasteiger partial charge in [-0.3, -0.25) is 4.90 Å². The van der Waals surface area contributed by atoms with Crippen molar-refractivity contribution in [2.45, 2.75) is 53.6 Å². The number of imidazole rings is 1. The zero-order valence-corrected chi connectivity index (χ0v) is 22.8.